The van der Waals surface area contributed by atoms with Crippen molar-refractivity contribution in [3.05, 3.63) is 22.9 Å². The predicted molar refractivity (Wildman–Crippen MR) is 56.3 cm³/mol. The number of ether oxygens (including phenoxy) is 2. The monoisotopic (exact) mass is 238 g/mol. The van der Waals surface area contributed by atoms with E-state index in [4.69, 9.17) is 4.74 Å². The second-order valence-electron chi connectivity index (χ2n) is 3.07. The molecule has 17 heavy (non-hydrogen) atoms. The number of nitrogens with zero attached hydrogens (tertiary/aromatic N) is 3. The number of carbonyl (C=O) groups excluding carboxylic acids is 1. The maximum Gasteiger partial charge on any atom is 0.510 e. The molecule has 2 aromatic heterocycles. The second-order valence-corrected chi connectivity index (χ2v) is 3.07. The Hall–Kier alpha value is -2.38. The Morgan fingerprint density at radius 2 is 2.35 bits per heavy atom. The van der Waals surface area contributed by atoms with Gasteiger partial charge in [0.25, 0.3) is 5.56 Å². The van der Waals surface area contributed by atoms with Crippen LogP contribution in [0, 0.1) is 0 Å². The number of nitrogens with one attached hydrogen (secondary N) is 1. The van der Waals surface area contributed by atoms with Gasteiger partial charge in [-0.3, -0.25) is 4.79 Å². The number of hydrogen-bond acceptors (Lipinski definition) is 6. The molecule has 0 atom stereocenters. The Bertz CT molecular complexity index is 588. The molecule has 2 aromatic rings. The summed E-state index contributed by atoms with van der Waals surface area (Å²) in [5, 5.41) is 4.22. The summed E-state index contributed by atoms with van der Waals surface area (Å²) in [6.45, 7) is 1.75. The van der Waals surface area contributed by atoms with Gasteiger partial charge in [0, 0.05) is 0 Å². The van der Waals surface area contributed by atoms with E-state index in [1.54, 1.807) is 6.92 Å². The molecule has 0 radical (unpaired) electrons. The van der Waals surface area contributed by atoms with E-state index in [1.165, 1.54) is 17.2 Å². The summed E-state index contributed by atoms with van der Waals surface area (Å²) in [6, 6.07) is 0. The van der Waals surface area contributed by atoms with E-state index in [2.05, 4.69) is 19.8 Å². The molecule has 0 amide bonds. The highest BCUT2D eigenvalue weighted by Gasteiger charge is 2.09. The van der Waals surface area contributed by atoms with Crippen molar-refractivity contribution >= 4 is 17.2 Å². The van der Waals surface area contributed by atoms with Crippen LogP contribution in [0.15, 0.2) is 17.3 Å². The zero-order chi connectivity index (χ0) is 12.3. The van der Waals surface area contributed by atoms with Crippen molar-refractivity contribution in [2.24, 2.45) is 0 Å². The van der Waals surface area contributed by atoms with Gasteiger partial charge in [-0.05, 0) is 6.92 Å². The summed E-state index contributed by atoms with van der Waals surface area (Å²) >= 11 is 0. The van der Waals surface area contributed by atoms with Crippen LogP contribution in [0.25, 0.3) is 11.0 Å². The van der Waals surface area contributed by atoms with Gasteiger partial charge in [0.15, 0.2) is 12.4 Å². The minimum absolute atomic E-state index is 0.154. The number of rotatable bonds is 3. The van der Waals surface area contributed by atoms with Crippen LogP contribution in [0.4, 0.5) is 4.79 Å². The molecule has 8 heteroatoms. The van der Waals surface area contributed by atoms with E-state index in [0.717, 1.165) is 0 Å². The average molecular weight is 238 g/mol. The minimum Gasteiger partial charge on any atom is -0.435 e. The maximum absolute atomic E-state index is 11.4. The van der Waals surface area contributed by atoms with Gasteiger partial charge in [0.2, 0.25) is 0 Å². The van der Waals surface area contributed by atoms with Crippen LogP contribution in [0.5, 0.6) is 0 Å². The number of fused-ring (bicyclic) bond motifs is 1. The highest BCUT2D eigenvalue weighted by Crippen LogP contribution is 2.04. The zero-order valence-electron chi connectivity index (χ0n) is 9.04. The molecular weight excluding hydrogens is 228 g/mol. The normalized spacial score (nSPS) is 10.4. The summed E-state index contributed by atoms with van der Waals surface area (Å²) in [7, 11) is 0. The summed E-state index contributed by atoms with van der Waals surface area (Å²) in [4.78, 5) is 28.7. The van der Waals surface area contributed by atoms with Crippen LogP contribution in [0.3, 0.4) is 0 Å². The molecule has 1 N–H and O–H groups in total. The fraction of sp³-hybridized carbons (Fsp3) is 0.333. The molecule has 0 fully saturated rings. The SMILES string of the molecule is CCOC(=O)OCn1ncc2c(=O)[nH]cnc21. The van der Waals surface area contributed by atoms with Crippen molar-refractivity contribution in [3.63, 3.8) is 0 Å². The molecule has 0 aliphatic carbocycles. The van der Waals surface area contributed by atoms with Crippen molar-refractivity contribution in [1.82, 2.24) is 19.7 Å². The Labute approximate surface area is 95.2 Å². The summed E-state index contributed by atoms with van der Waals surface area (Å²) in [6.07, 6.45) is 1.82. The minimum atomic E-state index is -0.791. The molecule has 0 aliphatic rings. The molecule has 0 aromatic carbocycles. The quantitative estimate of drug-likeness (QED) is 0.769. The lowest BCUT2D eigenvalue weighted by atomic mass is 10.4. The van der Waals surface area contributed by atoms with E-state index in [0.29, 0.717) is 11.0 Å². The maximum atomic E-state index is 11.4. The van der Waals surface area contributed by atoms with Gasteiger partial charge in [0.1, 0.15) is 5.39 Å². The first-order chi connectivity index (χ1) is 8.22. The van der Waals surface area contributed by atoms with Gasteiger partial charge in [0.05, 0.1) is 19.1 Å². The van der Waals surface area contributed by atoms with Crippen LogP contribution in [0.1, 0.15) is 6.92 Å². The molecule has 0 saturated heterocycles. The molecule has 8 nitrogen and oxygen atoms in total. The average Bonchev–Trinajstić information content (AvgIpc) is 2.72. The number of H-pyrrole nitrogens is 1. The third kappa shape index (κ3) is 2.25. The Morgan fingerprint density at radius 1 is 1.53 bits per heavy atom. The second kappa shape index (κ2) is 4.64. The van der Waals surface area contributed by atoms with Gasteiger partial charge < -0.3 is 14.5 Å². The summed E-state index contributed by atoms with van der Waals surface area (Å²) in [5.41, 5.74) is 0.0513. The standard InChI is InChI=1S/C9H10N4O4/c1-2-16-9(15)17-5-13-7-6(3-12-13)8(14)11-4-10-7/h3-4H,2,5H2,1H3,(H,10,11,14). The first-order valence-electron chi connectivity index (χ1n) is 4.91. The van der Waals surface area contributed by atoms with Crippen molar-refractivity contribution in [2.45, 2.75) is 13.7 Å². The third-order valence-corrected chi connectivity index (χ3v) is 2.01. The van der Waals surface area contributed by atoms with Crippen molar-refractivity contribution in [3.8, 4) is 0 Å². The molecule has 0 unspecified atom stereocenters. The number of hydrogen-bond donors (Lipinski definition) is 1. The lowest BCUT2D eigenvalue weighted by Crippen LogP contribution is -2.13. The third-order valence-electron chi connectivity index (χ3n) is 2.01. The Kier molecular flexibility index (Phi) is 3.03. The van der Waals surface area contributed by atoms with E-state index in [9.17, 15) is 9.59 Å². The molecular formula is C9H10N4O4. The smallest absolute Gasteiger partial charge is 0.435 e. The van der Waals surface area contributed by atoms with Gasteiger partial charge in [-0.2, -0.15) is 5.10 Å². The largest absolute Gasteiger partial charge is 0.510 e. The number of aromatic nitrogens is 4. The van der Waals surface area contributed by atoms with E-state index in [-0.39, 0.29) is 18.9 Å². The fourth-order valence-electron chi connectivity index (χ4n) is 1.27. The van der Waals surface area contributed by atoms with Crippen molar-refractivity contribution in [1.29, 1.82) is 0 Å². The van der Waals surface area contributed by atoms with Gasteiger partial charge >= 0.3 is 6.16 Å². The van der Waals surface area contributed by atoms with Gasteiger partial charge in [-0.25, -0.2) is 14.5 Å². The molecule has 90 valence electrons. The highest BCUT2D eigenvalue weighted by molar-refractivity contribution is 5.72. The van der Waals surface area contributed by atoms with Gasteiger partial charge in [-0.1, -0.05) is 0 Å². The van der Waals surface area contributed by atoms with Crippen LogP contribution in [0.2, 0.25) is 0 Å². The van der Waals surface area contributed by atoms with Crippen LogP contribution >= 0.6 is 0 Å². The fourth-order valence-corrected chi connectivity index (χ4v) is 1.27. The van der Waals surface area contributed by atoms with Crippen molar-refractivity contribution < 1.29 is 14.3 Å². The lowest BCUT2D eigenvalue weighted by Gasteiger charge is -2.04. The van der Waals surface area contributed by atoms with E-state index >= 15 is 0 Å². The Balaban J connectivity index is 2.17. The molecule has 0 spiro atoms. The molecule has 2 rings (SSSR count). The highest BCUT2D eigenvalue weighted by atomic mass is 16.7. The molecule has 0 saturated carbocycles. The predicted octanol–water partition coefficient (Wildman–Crippen LogP) is 0.250. The van der Waals surface area contributed by atoms with Crippen LogP contribution in [-0.4, -0.2) is 32.5 Å². The molecule has 2 heterocycles. The molecule has 0 aliphatic heterocycles. The van der Waals surface area contributed by atoms with Gasteiger partial charge in [-0.15, -0.1) is 0 Å². The topological polar surface area (TPSA) is 99.1 Å². The first kappa shape index (κ1) is 11.1. The van der Waals surface area contributed by atoms with Crippen LogP contribution in [-0.2, 0) is 16.2 Å². The summed E-state index contributed by atoms with van der Waals surface area (Å²) < 4.78 is 10.6. The van der Waals surface area contributed by atoms with Crippen LogP contribution < -0.4 is 5.56 Å². The first-order valence-corrected chi connectivity index (χ1v) is 4.91. The van der Waals surface area contributed by atoms with E-state index < -0.39 is 6.16 Å². The summed E-state index contributed by atoms with van der Waals surface area (Å²) in [5.74, 6) is 0. The molecule has 0 bridgehead atoms. The number of carbonyl (C=O) groups is 1. The Morgan fingerprint density at radius 3 is 3.12 bits per heavy atom. The van der Waals surface area contributed by atoms with E-state index in [1.807, 2.05) is 0 Å². The van der Waals surface area contributed by atoms with Crippen molar-refractivity contribution in [2.75, 3.05) is 6.61 Å². The number of aromatic amines is 1. The lowest BCUT2D eigenvalue weighted by molar-refractivity contribution is 0.0347. The zero-order valence-corrected chi connectivity index (χ0v) is 9.04.